The topological polar surface area (TPSA) is 21.3 Å². The van der Waals surface area contributed by atoms with Crippen molar-refractivity contribution in [3.8, 4) is 5.75 Å². The third-order valence-corrected chi connectivity index (χ3v) is 5.28. The Morgan fingerprint density at radius 1 is 1.13 bits per heavy atom. The summed E-state index contributed by atoms with van der Waals surface area (Å²) in [5.74, 6) is 0.941. The van der Waals surface area contributed by atoms with Crippen LogP contribution in [0.3, 0.4) is 0 Å². The molecule has 23 heavy (non-hydrogen) atoms. The highest BCUT2D eigenvalue weighted by Gasteiger charge is 2.10. The molecule has 4 heteroatoms. The van der Waals surface area contributed by atoms with Gasteiger partial charge < -0.3 is 10.1 Å². The lowest BCUT2D eigenvalue weighted by molar-refractivity contribution is 0.303. The standard InChI is InChI=1S/C19H22INOS/c1-5-19(23)21-17-8-6-7-16(20)15(17)11-22-18-10-13(3)12(2)9-14(18)4/h6-10H,5,11H2,1-4H3,(H,21,23). The van der Waals surface area contributed by atoms with E-state index in [4.69, 9.17) is 17.0 Å². The van der Waals surface area contributed by atoms with Crippen molar-refractivity contribution in [3.05, 3.63) is 56.2 Å². The van der Waals surface area contributed by atoms with Gasteiger partial charge in [-0.15, -0.1) is 0 Å². The minimum absolute atomic E-state index is 0.525. The van der Waals surface area contributed by atoms with Crippen LogP contribution in [-0.2, 0) is 6.61 Å². The normalized spacial score (nSPS) is 10.5. The summed E-state index contributed by atoms with van der Waals surface area (Å²) in [5, 5.41) is 3.32. The third-order valence-electron chi connectivity index (χ3n) is 3.88. The molecule has 2 nitrogen and oxygen atoms in total. The summed E-state index contributed by atoms with van der Waals surface area (Å²) in [6.07, 6.45) is 0.831. The molecule has 0 unspecified atom stereocenters. The minimum Gasteiger partial charge on any atom is -0.489 e. The zero-order valence-corrected chi connectivity index (χ0v) is 17.0. The van der Waals surface area contributed by atoms with Crippen LogP contribution >= 0.6 is 34.8 Å². The Labute approximate surface area is 157 Å². The summed E-state index contributed by atoms with van der Waals surface area (Å²) in [6.45, 7) is 8.90. The molecule has 0 aliphatic rings. The van der Waals surface area contributed by atoms with E-state index in [1.54, 1.807) is 0 Å². The second kappa shape index (κ2) is 8.11. The average Bonchev–Trinajstić information content (AvgIpc) is 2.51. The smallest absolute Gasteiger partial charge is 0.123 e. The highest BCUT2D eigenvalue weighted by Crippen LogP contribution is 2.27. The molecule has 1 N–H and O–H groups in total. The molecule has 2 rings (SSSR count). The Morgan fingerprint density at radius 2 is 1.83 bits per heavy atom. The monoisotopic (exact) mass is 439 g/mol. The second-order valence-electron chi connectivity index (χ2n) is 5.66. The molecule has 0 saturated carbocycles. The van der Waals surface area contributed by atoms with E-state index in [1.165, 1.54) is 14.7 Å². The average molecular weight is 439 g/mol. The van der Waals surface area contributed by atoms with Gasteiger partial charge in [-0.2, -0.15) is 0 Å². The molecular formula is C19H22INOS. The van der Waals surface area contributed by atoms with Crippen molar-refractivity contribution in [2.75, 3.05) is 5.32 Å². The first-order valence-corrected chi connectivity index (χ1v) is 9.19. The van der Waals surface area contributed by atoms with Crippen LogP contribution in [0, 0.1) is 24.3 Å². The van der Waals surface area contributed by atoms with Crippen molar-refractivity contribution in [2.24, 2.45) is 0 Å². The number of nitrogens with one attached hydrogen (secondary N) is 1. The van der Waals surface area contributed by atoms with Crippen LogP contribution in [-0.4, -0.2) is 4.99 Å². The lowest BCUT2D eigenvalue weighted by Gasteiger charge is -2.16. The van der Waals surface area contributed by atoms with E-state index in [-0.39, 0.29) is 0 Å². The van der Waals surface area contributed by atoms with Crippen molar-refractivity contribution in [1.82, 2.24) is 0 Å². The number of ether oxygens (including phenoxy) is 1. The van der Waals surface area contributed by atoms with Gasteiger partial charge in [-0.05, 0) is 84.7 Å². The molecule has 0 aromatic heterocycles. The molecule has 0 atom stereocenters. The van der Waals surface area contributed by atoms with E-state index in [1.807, 2.05) is 6.07 Å². The van der Waals surface area contributed by atoms with Crippen molar-refractivity contribution in [3.63, 3.8) is 0 Å². The maximum Gasteiger partial charge on any atom is 0.123 e. The first kappa shape index (κ1) is 18.2. The van der Waals surface area contributed by atoms with Gasteiger partial charge in [-0.3, -0.25) is 0 Å². The summed E-state index contributed by atoms with van der Waals surface area (Å²) >= 11 is 7.66. The van der Waals surface area contributed by atoms with E-state index < -0.39 is 0 Å². The number of aryl methyl sites for hydroxylation is 3. The van der Waals surface area contributed by atoms with Gasteiger partial charge in [0.1, 0.15) is 12.4 Å². The molecular weight excluding hydrogens is 417 g/mol. The largest absolute Gasteiger partial charge is 0.489 e. The second-order valence-corrected chi connectivity index (χ2v) is 7.31. The van der Waals surface area contributed by atoms with E-state index in [0.29, 0.717) is 6.61 Å². The Hall–Kier alpha value is -1.14. The quantitative estimate of drug-likeness (QED) is 0.460. The van der Waals surface area contributed by atoms with Crippen molar-refractivity contribution in [2.45, 2.75) is 40.7 Å². The van der Waals surface area contributed by atoms with Gasteiger partial charge in [-0.1, -0.05) is 31.3 Å². The van der Waals surface area contributed by atoms with Gasteiger partial charge in [0.05, 0.1) is 4.99 Å². The van der Waals surface area contributed by atoms with E-state index >= 15 is 0 Å². The van der Waals surface area contributed by atoms with Crippen molar-refractivity contribution in [1.29, 1.82) is 0 Å². The third kappa shape index (κ3) is 4.67. The van der Waals surface area contributed by atoms with Crippen molar-refractivity contribution >= 4 is 45.5 Å². The van der Waals surface area contributed by atoms with Gasteiger partial charge in [0.2, 0.25) is 0 Å². The van der Waals surface area contributed by atoms with Crippen LogP contribution in [0.15, 0.2) is 30.3 Å². The van der Waals surface area contributed by atoms with E-state index in [0.717, 1.165) is 34.0 Å². The lowest BCUT2D eigenvalue weighted by atomic mass is 10.1. The fourth-order valence-corrected chi connectivity index (χ4v) is 3.06. The molecule has 2 aromatic rings. The Balaban J connectivity index is 2.23. The number of anilines is 1. The SMILES string of the molecule is CCC(=S)Nc1cccc(I)c1COc1cc(C)c(C)cc1C. The molecule has 0 bridgehead atoms. The van der Waals surface area contributed by atoms with Crippen LogP contribution in [0.4, 0.5) is 5.69 Å². The number of halogens is 1. The molecule has 122 valence electrons. The highest BCUT2D eigenvalue weighted by molar-refractivity contribution is 14.1. The Kier molecular flexibility index (Phi) is 6.41. The predicted octanol–water partition coefficient (Wildman–Crippen LogP) is 5.94. The zero-order valence-electron chi connectivity index (χ0n) is 14.0. The van der Waals surface area contributed by atoms with E-state index in [2.05, 4.69) is 79.9 Å². The molecule has 0 fully saturated rings. The van der Waals surface area contributed by atoms with Gasteiger partial charge in [0, 0.05) is 14.8 Å². The first-order chi connectivity index (χ1) is 10.9. The lowest BCUT2D eigenvalue weighted by Crippen LogP contribution is -2.11. The number of hydrogen-bond donors (Lipinski definition) is 1. The minimum atomic E-state index is 0.525. The molecule has 2 aromatic carbocycles. The summed E-state index contributed by atoms with van der Waals surface area (Å²) < 4.78 is 7.28. The molecule has 0 aliphatic carbocycles. The van der Waals surface area contributed by atoms with Crippen LogP contribution in [0.2, 0.25) is 0 Å². The number of benzene rings is 2. The molecule has 0 saturated heterocycles. The van der Waals surface area contributed by atoms with Crippen LogP contribution in [0.25, 0.3) is 0 Å². The maximum atomic E-state index is 6.11. The van der Waals surface area contributed by atoms with Gasteiger partial charge in [0.25, 0.3) is 0 Å². The van der Waals surface area contributed by atoms with Gasteiger partial charge in [0.15, 0.2) is 0 Å². The fraction of sp³-hybridized carbons (Fsp3) is 0.316. The van der Waals surface area contributed by atoms with Gasteiger partial charge in [-0.25, -0.2) is 0 Å². The Morgan fingerprint density at radius 3 is 2.52 bits per heavy atom. The molecule has 0 heterocycles. The van der Waals surface area contributed by atoms with Crippen LogP contribution in [0.5, 0.6) is 5.75 Å². The molecule has 0 amide bonds. The number of thiocarbonyl (C=S) groups is 1. The zero-order chi connectivity index (χ0) is 17.0. The van der Waals surface area contributed by atoms with Crippen LogP contribution in [0.1, 0.15) is 35.6 Å². The molecule has 0 radical (unpaired) electrons. The number of hydrogen-bond acceptors (Lipinski definition) is 2. The van der Waals surface area contributed by atoms with Crippen LogP contribution < -0.4 is 10.1 Å². The summed E-state index contributed by atoms with van der Waals surface area (Å²) in [7, 11) is 0. The number of rotatable bonds is 5. The van der Waals surface area contributed by atoms with Gasteiger partial charge >= 0.3 is 0 Å². The summed E-state index contributed by atoms with van der Waals surface area (Å²) in [4.78, 5) is 0.843. The Bertz CT molecular complexity index is 728. The molecule has 0 spiro atoms. The summed E-state index contributed by atoms with van der Waals surface area (Å²) in [6, 6.07) is 10.5. The fourth-order valence-electron chi connectivity index (χ4n) is 2.30. The summed E-state index contributed by atoms with van der Waals surface area (Å²) in [5.41, 5.74) is 5.88. The first-order valence-electron chi connectivity index (χ1n) is 7.70. The molecule has 0 aliphatic heterocycles. The van der Waals surface area contributed by atoms with Crippen molar-refractivity contribution < 1.29 is 4.74 Å². The highest BCUT2D eigenvalue weighted by atomic mass is 127. The van der Waals surface area contributed by atoms with E-state index in [9.17, 15) is 0 Å². The maximum absolute atomic E-state index is 6.11. The predicted molar refractivity (Wildman–Crippen MR) is 111 cm³/mol.